The summed E-state index contributed by atoms with van der Waals surface area (Å²) in [5.74, 6) is -1.38. The molecule has 2 N–H and O–H groups in total. The molecule has 0 saturated heterocycles. The highest BCUT2D eigenvalue weighted by molar-refractivity contribution is 5.90. The summed E-state index contributed by atoms with van der Waals surface area (Å²) in [6.45, 7) is 3.23. The van der Waals surface area contributed by atoms with Gasteiger partial charge in [0.15, 0.2) is 0 Å². The number of nitrogens with zero attached hydrogens (tertiary/aromatic N) is 2. The molecule has 21 heavy (non-hydrogen) atoms. The molecule has 0 spiro atoms. The molecule has 2 aromatic rings. The Kier molecular flexibility index (Phi) is 3.97. The fourth-order valence-electron chi connectivity index (χ4n) is 2.22. The zero-order chi connectivity index (χ0) is 15.6. The van der Waals surface area contributed by atoms with E-state index in [1.165, 1.54) is 6.92 Å². The van der Waals surface area contributed by atoms with Gasteiger partial charge in [-0.1, -0.05) is 25.1 Å². The molecule has 0 fully saturated rings. The number of rotatable bonds is 5. The van der Waals surface area contributed by atoms with E-state index in [2.05, 4.69) is 10.4 Å². The Morgan fingerprint density at radius 1 is 1.38 bits per heavy atom. The molecule has 0 radical (unpaired) electrons. The van der Waals surface area contributed by atoms with Crippen molar-refractivity contribution in [1.29, 1.82) is 0 Å². The summed E-state index contributed by atoms with van der Waals surface area (Å²) < 4.78 is 1.72. The molecule has 112 valence electrons. The van der Waals surface area contributed by atoms with Crippen molar-refractivity contribution in [2.24, 2.45) is 7.05 Å². The van der Waals surface area contributed by atoms with Gasteiger partial charge in [-0.05, 0) is 19.4 Å². The Hall–Kier alpha value is -2.37. The molecule has 6 nitrogen and oxygen atoms in total. The van der Waals surface area contributed by atoms with E-state index in [0.29, 0.717) is 12.1 Å². The highest BCUT2D eigenvalue weighted by Gasteiger charge is 2.32. The van der Waals surface area contributed by atoms with Crippen LogP contribution >= 0.6 is 0 Å². The number of hydrogen-bond donors (Lipinski definition) is 2. The van der Waals surface area contributed by atoms with Crippen molar-refractivity contribution in [1.82, 2.24) is 15.1 Å². The van der Waals surface area contributed by atoms with Gasteiger partial charge in [0.2, 0.25) is 5.91 Å². The van der Waals surface area contributed by atoms with Crippen molar-refractivity contribution in [3.8, 4) is 0 Å². The monoisotopic (exact) mass is 289 g/mol. The van der Waals surface area contributed by atoms with E-state index < -0.39 is 11.5 Å². The lowest BCUT2D eigenvalue weighted by molar-refractivity contribution is -0.146. The third-order valence-corrected chi connectivity index (χ3v) is 3.76. The summed E-state index contributed by atoms with van der Waals surface area (Å²) in [4.78, 5) is 23.3. The summed E-state index contributed by atoms with van der Waals surface area (Å²) in [6, 6.07) is 7.63. The molecule has 1 atom stereocenters. The van der Waals surface area contributed by atoms with Gasteiger partial charge >= 0.3 is 5.97 Å². The third-order valence-electron chi connectivity index (χ3n) is 3.76. The van der Waals surface area contributed by atoms with Crippen LogP contribution in [0.1, 0.15) is 26.0 Å². The van der Waals surface area contributed by atoms with Crippen LogP contribution in [-0.2, 0) is 23.1 Å². The van der Waals surface area contributed by atoms with E-state index in [1.54, 1.807) is 11.6 Å². The van der Waals surface area contributed by atoms with E-state index in [9.17, 15) is 14.7 Å². The van der Waals surface area contributed by atoms with Crippen LogP contribution in [0.15, 0.2) is 24.3 Å². The largest absolute Gasteiger partial charge is 0.480 e. The van der Waals surface area contributed by atoms with Crippen LogP contribution < -0.4 is 5.32 Å². The smallest absolute Gasteiger partial charge is 0.329 e. The SMILES string of the molecule is CCC(C)(NC(=O)Cc1nn(C)c2ccccc12)C(=O)O. The maximum atomic E-state index is 12.1. The topological polar surface area (TPSA) is 84.2 Å². The molecule has 0 aliphatic carbocycles. The Bertz CT molecular complexity index is 693. The van der Waals surface area contributed by atoms with Crippen LogP contribution in [0.25, 0.3) is 10.9 Å². The number of hydrogen-bond acceptors (Lipinski definition) is 3. The number of aromatic nitrogens is 2. The van der Waals surface area contributed by atoms with Crippen molar-refractivity contribution in [3.05, 3.63) is 30.0 Å². The van der Waals surface area contributed by atoms with Gasteiger partial charge in [0.1, 0.15) is 5.54 Å². The minimum atomic E-state index is -1.25. The lowest BCUT2D eigenvalue weighted by Crippen LogP contribution is -2.52. The fraction of sp³-hybridized carbons (Fsp3) is 0.400. The van der Waals surface area contributed by atoms with Crippen LogP contribution in [0.5, 0.6) is 0 Å². The van der Waals surface area contributed by atoms with Gasteiger partial charge in [-0.15, -0.1) is 0 Å². The Morgan fingerprint density at radius 2 is 2.05 bits per heavy atom. The van der Waals surface area contributed by atoms with Gasteiger partial charge in [0.05, 0.1) is 17.6 Å². The number of carbonyl (C=O) groups is 2. The van der Waals surface area contributed by atoms with E-state index in [4.69, 9.17) is 0 Å². The molecular weight excluding hydrogens is 270 g/mol. The molecule has 0 aliphatic heterocycles. The third kappa shape index (κ3) is 2.89. The second kappa shape index (κ2) is 5.55. The van der Waals surface area contributed by atoms with Gasteiger partial charge in [-0.3, -0.25) is 9.48 Å². The normalized spacial score (nSPS) is 13.9. The molecule has 1 amide bonds. The lowest BCUT2D eigenvalue weighted by atomic mass is 9.99. The van der Waals surface area contributed by atoms with Crippen molar-refractivity contribution in [2.45, 2.75) is 32.2 Å². The molecule has 0 aliphatic rings. The number of amides is 1. The minimum Gasteiger partial charge on any atom is -0.480 e. The van der Waals surface area contributed by atoms with Gasteiger partial charge in [-0.25, -0.2) is 4.79 Å². The summed E-state index contributed by atoms with van der Waals surface area (Å²) in [5.41, 5.74) is 0.341. The first kappa shape index (κ1) is 15.0. The van der Waals surface area contributed by atoms with E-state index in [0.717, 1.165) is 10.9 Å². The van der Waals surface area contributed by atoms with Crippen molar-refractivity contribution in [3.63, 3.8) is 0 Å². The molecule has 2 rings (SSSR count). The second-order valence-electron chi connectivity index (χ2n) is 5.30. The average Bonchev–Trinajstić information content (AvgIpc) is 2.75. The standard InChI is InChI=1S/C15H19N3O3/c1-4-15(2,14(20)21)16-13(19)9-11-10-7-5-6-8-12(10)18(3)17-11/h5-8H,4,9H2,1-3H3,(H,16,19)(H,20,21). The van der Waals surface area contributed by atoms with E-state index in [1.807, 2.05) is 31.3 Å². The maximum Gasteiger partial charge on any atom is 0.329 e. The summed E-state index contributed by atoms with van der Waals surface area (Å²) in [6.07, 6.45) is 0.376. The van der Waals surface area contributed by atoms with Gasteiger partial charge in [0.25, 0.3) is 0 Å². The highest BCUT2D eigenvalue weighted by Crippen LogP contribution is 2.18. The van der Waals surface area contributed by atoms with Crippen LogP contribution in [0, 0.1) is 0 Å². The summed E-state index contributed by atoms with van der Waals surface area (Å²) in [5, 5.41) is 17.0. The molecule has 0 saturated carbocycles. The minimum absolute atomic E-state index is 0.0597. The number of aryl methyl sites for hydroxylation is 1. The molecule has 0 bridgehead atoms. The van der Waals surface area contributed by atoms with E-state index >= 15 is 0 Å². The number of carboxylic acids is 1. The maximum absolute atomic E-state index is 12.1. The van der Waals surface area contributed by atoms with Crippen molar-refractivity contribution >= 4 is 22.8 Å². The zero-order valence-electron chi connectivity index (χ0n) is 12.4. The first-order valence-corrected chi connectivity index (χ1v) is 6.82. The summed E-state index contributed by atoms with van der Waals surface area (Å²) in [7, 11) is 1.82. The van der Waals surface area contributed by atoms with Crippen LogP contribution in [-0.4, -0.2) is 32.3 Å². The Morgan fingerprint density at radius 3 is 2.67 bits per heavy atom. The number of aliphatic carboxylic acids is 1. The van der Waals surface area contributed by atoms with Crippen molar-refractivity contribution in [2.75, 3.05) is 0 Å². The van der Waals surface area contributed by atoms with Crippen molar-refractivity contribution < 1.29 is 14.7 Å². The Labute approximate surface area is 122 Å². The lowest BCUT2D eigenvalue weighted by Gasteiger charge is -2.24. The number of nitrogens with one attached hydrogen (secondary N) is 1. The molecule has 1 unspecified atom stereocenters. The average molecular weight is 289 g/mol. The first-order valence-electron chi connectivity index (χ1n) is 6.82. The Balaban J connectivity index is 2.21. The van der Waals surface area contributed by atoms with Gasteiger partial charge in [0, 0.05) is 12.4 Å². The predicted octanol–water partition coefficient (Wildman–Crippen LogP) is 1.49. The number of carboxylic acid groups (broad SMARTS) is 1. The molecule has 1 aromatic heterocycles. The van der Waals surface area contributed by atoms with E-state index in [-0.39, 0.29) is 12.3 Å². The molecule has 6 heteroatoms. The zero-order valence-corrected chi connectivity index (χ0v) is 12.4. The molecular formula is C15H19N3O3. The van der Waals surface area contributed by atoms with Gasteiger partial charge in [-0.2, -0.15) is 5.10 Å². The second-order valence-corrected chi connectivity index (χ2v) is 5.30. The molecule has 1 heterocycles. The first-order chi connectivity index (χ1) is 9.87. The summed E-state index contributed by atoms with van der Waals surface area (Å²) >= 11 is 0. The van der Waals surface area contributed by atoms with Crippen LogP contribution in [0.3, 0.4) is 0 Å². The van der Waals surface area contributed by atoms with Gasteiger partial charge < -0.3 is 10.4 Å². The predicted molar refractivity (Wildman–Crippen MR) is 78.9 cm³/mol. The molecule has 1 aromatic carbocycles. The number of carbonyl (C=O) groups excluding carboxylic acids is 1. The quantitative estimate of drug-likeness (QED) is 0.873. The van der Waals surface area contributed by atoms with Crippen LogP contribution in [0.2, 0.25) is 0 Å². The van der Waals surface area contributed by atoms with Crippen LogP contribution in [0.4, 0.5) is 0 Å². The highest BCUT2D eigenvalue weighted by atomic mass is 16.4. The fourth-order valence-corrected chi connectivity index (χ4v) is 2.22. The number of benzene rings is 1. The number of fused-ring (bicyclic) bond motifs is 1. The number of para-hydroxylation sites is 1.